The molecule has 0 fully saturated rings. The van der Waals surface area contributed by atoms with Gasteiger partial charge in [-0.1, -0.05) is 195 Å². The number of allylic oxidation sites excluding steroid dienone is 3. The van der Waals surface area contributed by atoms with Crippen molar-refractivity contribution in [1.82, 2.24) is 0 Å². The molecular weight excluding hydrogens is 749 g/mol. The van der Waals surface area contributed by atoms with Crippen LogP contribution in [0.4, 0.5) is 28.4 Å². The van der Waals surface area contributed by atoms with Crippen LogP contribution in [0.15, 0.2) is 274 Å². The summed E-state index contributed by atoms with van der Waals surface area (Å²) in [5, 5.41) is 0. The normalized spacial score (nSPS) is 11.0. The van der Waals surface area contributed by atoms with Crippen LogP contribution in [0.2, 0.25) is 0 Å². The van der Waals surface area contributed by atoms with Crippen molar-refractivity contribution in [2.75, 3.05) is 9.80 Å². The van der Waals surface area contributed by atoms with Crippen LogP contribution in [0.3, 0.4) is 0 Å². The standard InChI is InChI=1S/C60H46N2/c1-3-4-15-45(2)61(57-36-28-49(29-37-57)46-16-8-5-9-17-46)58-38-34-53(35-39-58)55-21-14-20-54(44-55)52-26-24-48(25-27-52)51-32-42-60(43-33-51)62(56-22-12-7-13-23-56)59-40-30-50(31-41-59)47-18-10-6-11-19-47/h3-44H,1-2H2/b15-4-. The lowest BCUT2D eigenvalue weighted by molar-refractivity contribution is 1.22. The maximum atomic E-state index is 4.41. The van der Waals surface area contributed by atoms with Crippen LogP contribution in [0.5, 0.6) is 0 Å². The molecule has 0 saturated heterocycles. The van der Waals surface area contributed by atoms with Gasteiger partial charge in [-0.15, -0.1) is 0 Å². The topological polar surface area (TPSA) is 6.48 Å². The van der Waals surface area contributed by atoms with E-state index in [4.69, 9.17) is 0 Å². The molecule has 0 amide bonds. The number of hydrogen-bond donors (Lipinski definition) is 0. The fourth-order valence-electron chi connectivity index (χ4n) is 7.97. The van der Waals surface area contributed by atoms with Gasteiger partial charge < -0.3 is 9.80 Å². The minimum atomic E-state index is 0.852. The molecule has 0 aliphatic rings. The molecule has 9 aromatic carbocycles. The monoisotopic (exact) mass is 794 g/mol. The van der Waals surface area contributed by atoms with Gasteiger partial charge in [-0.05, 0) is 128 Å². The smallest absolute Gasteiger partial charge is 0.0462 e. The molecule has 2 heteroatoms. The molecule has 62 heavy (non-hydrogen) atoms. The van der Waals surface area contributed by atoms with Gasteiger partial charge in [-0.3, -0.25) is 0 Å². The van der Waals surface area contributed by atoms with E-state index < -0.39 is 0 Å². The molecule has 0 aliphatic heterocycles. The molecule has 9 rings (SSSR count). The van der Waals surface area contributed by atoms with Gasteiger partial charge in [-0.25, -0.2) is 0 Å². The van der Waals surface area contributed by atoms with Crippen LogP contribution < -0.4 is 9.80 Å². The molecule has 0 radical (unpaired) electrons. The number of para-hydroxylation sites is 1. The van der Waals surface area contributed by atoms with Gasteiger partial charge in [0.15, 0.2) is 0 Å². The second-order valence-electron chi connectivity index (χ2n) is 15.2. The first-order chi connectivity index (χ1) is 30.6. The molecule has 296 valence electrons. The summed E-state index contributed by atoms with van der Waals surface area (Å²) >= 11 is 0. The fourth-order valence-corrected chi connectivity index (χ4v) is 7.97. The average Bonchev–Trinajstić information content (AvgIpc) is 3.35. The first kappa shape index (κ1) is 39.3. The first-order valence-corrected chi connectivity index (χ1v) is 21.0. The van der Waals surface area contributed by atoms with Crippen LogP contribution in [-0.4, -0.2) is 0 Å². The van der Waals surface area contributed by atoms with E-state index in [-0.39, 0.29) is 0 Å². The highest BCUT2D eigenvalue weighted by molar-refractivity contribution is 5.81. The summed E-state index contributed by atoms with van der Waals surface area (Å²) in [6.07, 6.45) is 5.68. The Morgan fingerprint density at radius 3 is 0.984 bits per heavy atom. The van der Waals surface area contributed by atoms with Crippen molar-refractivity contribution in [3.63, 3.8) is 0 Å². The van der Waals surface area contributed by atoms with Gasteiger partial charge in [0, 0.05) is 34.1 Å². The minimum Gasteiger partial charge on any atom is -0.311 e. The van der Waals surface area contributed by atoms with Gasteiger partial charge >= 0.3 is 0 Å². The number of hydrogen-bond acceptors (Lipinski definition) is 2. The number of benzene rings is 9. The average molecular weight is 795 g/mol. The van der Waals surface area contributed by atoms with Crippen LogP contribution in [0.25, 0.3) is 55.6 Å². The Bertz CT molecular complexity index is 2910. The van der Waals surface area contributed by atoms with E-state index >= 15 is 0 Å². The summed E-state index contributed by atoms with van der Waals surface area (Å²) in [6.45, 7) is 8.27. The second kappa shape index (κ2) is 18.4. The Labute approximate surface area is 366 Å². The molecular formula is C60H46N2. The van der Waals surface area contributed by atoms with Crippen molar-refractivity contribution in [1.29, 1.82) is 0 Å². The van der Waals surface area contributed by atoms with Crippen LogP contribution in [0.1, 0.15) is 0 Å². The number of rotatable bonds is 13. The zero-order chi connectivity index (χ0) is 42.1. The summed E-state index contributed by atoms with van der Waals surface area (Å²) in [7, 11) is 0. The van der Waals surface area contributed by atoms with Gasteiger partial charge in [0.1, 0.15) is 0 Å². The molecule has 0 N–H and O–H groups in total. The van der Waals surface area contributed by atoms with Crippen molar-refractivity contribution in [2.24, 2.45) is 0 Å². The second-order valence-corrected chi connectivity index (χ2v) is 15.2. The van der Waals surface area contributed by atoms with E-state index in [1.165, 1.54) is 44.5 Å². The lowest BCUT2D eigenvalue weighted by Crippen LogP contribution is -2.14. The van der Waals surface area contributed by atoms with Crippen molar-refractivity contribution in [3.05, 3.63) is 274 Å². The molecule has 0 aromatic heterocycles. The van der Waals surface area contributed by atoms with E-state index in [0.717, 1.165) is 45.3 Å². The Hall–Kier alpha value is -8.20. The summed E-state index contributed by atoms with van der Waals surface area (Å²) < 4.78 is 0. The third kappa shape index (κ3) is 8.72. The van der Waals surface area contributed by atoms with Gasteiger partial charge in [0.25, 0.3) is 0 Å². The Morgan fingerprint density at radius 1 is 0.306 bits per heavy atom. The zero-order valence-electron chi connectivity index (χ0n) is 34.6. The van der Waals surface area contributed by atoms with E-state index in [2.05, 4.69) is 253 Å². The van der Waals surface area contributed by atoms with Crippen LogP contribution in [0, 0.1) is 0 Å². The lowest BCUT2D eigenvalue weighted by Gasteiger charge is -2.26. The third-order valence-electron chi connectivity index (χ3n) is 11.2. The molecule has 0 bridgehead atoms. The van der Waals surface area contributed by atoms with Crippen molar-refractivity contribution >= 4 is 28.4 Å². The van der Waals surface area contributed by atoms with Crippen LogP contribution >= 0.6 is 0 Å². The van der Waals surface area contributed by atoms with Crippen molar-refractivity contribution in [2.45, 2.75) is 0 Å². The molecule has 0 heterocycles. The molecule has 0 unspecified atom stereocenters. The predicted molar refractivity (Wildman–Crippen MR) is 265 cm³/mol. The van der Waals surface area contributed by atoms with Crippen molar-refractivity contribution < 1.29 is 0 Å². The molecule has 2 nitrogen and oxygen atoms in total. The van der Waals surface area contributed by atoms with Gasteiger partial charge in [0.05, 0.1) is 0 Å². The fraction of sp³-hybridized carbons (Fsp3) is 0. The zero-order valence-corrected chi connectivity index (χ0v) is 34.6. The SMILES string of the molecule is C=C/C=C\C(=C)N(c1ccc(-c2ccccc2)cc1)c1ccc(-c2cccc(-c3ccc(-c4ccc(N(c5ccccc5)c5ccc(-c6ccccc6)cc5)cc4)cc3)c2)cc1. The van der Waals surface area contributed by atoms with E-state index in [9.17, 15) is 0 Å². The van der Waals surface area contributed by atoms with Gasteiger partial charge in [0.2, 0.25) is 0 Å². The summed E-state index contributed by atoms with van der Waals surface area (Å²) in [5.41, 5.74) is 18.0. The minimum absolute atomic E-state index is 0.852. The van der Waals surface area contributed by atoms with E-state index in [1.807, 2.05) is 18.2 Å². The molecule has 9 aromatic rings. The maximum Gasteiger partial charge on any atom is 0.0462 e. The highest BCUT2D eigenvalue weighted by Crippen LogP contribution is 2.38. The predicted octanol–water partition coefficient (Wildman–Crippen LogP) is 16.9. The highest BCUT2D eigenvalue weighted by atomic mass is 15.1. The summed E-state index contributed by atoms with van der Waals surface area (Å²) in [4.78, 5) is 4.48. The molecule has 0 saturated carbocycles. The largest absolute Gasteiger partial charge is 0.311 e. The third-order valence-corrected chi connectivity index (χ3v) is 11.2. The quantitative estimate of drug-likeness (QED) is 0.107. The summed E-state index contributed by atoms with van der Waals surface area (Å²) in [6, 6.07) is 84.2. The number of nitrogens with zero attached hydrogens (tertiary/aromatic N) is 2. The van der Waals surface area contributed by atoms with E-state index in [1.54, 1.807) is 6.08 Å². The molecule has 0 atom stereocenters. The number of anilines is 5. The Kier molecular flexibility index (Phi) is 11.6. The maximum absolute atomic E-state index is 4.41. The van der Waals surface area contributed by atoms with E-state index in [0.29, 0.717) is 0 Å². The van der Waals surface area contributed by atoms with Crippen molar-refractivity contribution in [3.8, 4) is 55.6 Å². The first-order valence-electron chi connectivity index (χ1n) is 21.0. The lowest BCUT2D eigenvalue weighted by atomic mass is 9.97. The molecule has 0 spiro atoms. The van der Waals surface area contributed by atoms with Gasteiger partial charge in [-0.2, -0.15) is 0 Å². The Balaban J connectivity index is 0.926. The summed E-state index contributed by atoms with van der Waals surface area (Å²) in [5.74, 6) is 0. The van der Waals surface area contributed by atoms with Crippen LogP contribution in [-0.2, 0) is 0 Å². The molecule has 0 aliphatic carbocycles. The highest BCUT2D eigenvalue weighted by Gasteiger charge is 2.15. The Morgan fingerprint density at radius 2 is 0.597 bits per heavy atom.